The van der Waals surface area contributed by atoms with Crippen molar-refractivity contribution in [3.63, 3.8) is 0 Å². The van der Waals surface area contributed by atoms with E-state index < -0.39 is 0 Å². The van der Waals surface area contributed by atoms with Crippen molar-refractivity contribution >= 4 is 21.6 Å². The Morgan fingerprint density at radius 3 is 2.71 bits per heavy atom. The van der Waals surface area contributed by atoms with Gasteiger partial charge in [-0.1, -0.05) is 48.7 Å². The average molecular weight is 296 g/mol. The van der Waals surface area contributed by atoms with E-state index in [0.29, 0.717) is 11.5 Å². The predicted octanol–water partition coefficient (Wildman–Crippen LogP) is 5.14. The lowest BCUT2D eigenvalue weighted by Crippen LogP contribution is -2.38. The minimum atomic E-state index is 0.412. The van der Waals surface area contributed by atoms with Gasteiger partial charge in [0.2, 0.25) is 0 Å². The van der Waals surface area contributed by atoms with Crippen LogP contribution < -0.4 is 5.32 Å². The summed E-state index contributed by atoms with van der Waals surface area (Å²) in [5.41, 5.74) is 2.94. The Labute approximate surface area is 113 Å². The molecule has 0 aromatic heterocycles. The molecule has 1 fully saturated rings. The Balaban J connectivity index is 2.11. The molecule has 0 bridgehead atoms. The van der Waals surface area contributed by atoms with Gasteiger partial charge in [-0.15, -0.1) is 0 Å². The molecule has 0 spiro atoms. The van der Waals surface area contributed by atoms with Gasteiger partial charge in [-0.2, -0.15) is 0 Å². The average Bonchev–Trinajstić information content (AvgIpc) is 2.26. The first-order valence-corrected chi connectivity index (χ1v) is 7.31. The lowest BCUT2D eigenvalue weighted by atomic mass is 9.73. The van der Waals surface area contributed by atoms with Crippen LogP contribution >= 0.6 is 15.9 Å². The molecule has 1 nitrogen and oxygen atoms in total. The zero-order valence-corrected chi connectivity index (χ0v) is 12.6. The first kappa shape index (κ1) is 12.9. The summed E-state index contributed by atoms with van der Waals surface area (Å²) in [7, 11) is 0. The zero-order chi connectivity index (χ0) is 12.5. The van der Waals surface area contributed by atoms with E-state index in [1.807, 2.05) is 0 Å². The Hall–Kier alpha value is -0.500. The molecular weight excluding hydrogens is 274 g/mol. The molecule has 1 saturated carbocycles. The second kappa shape index (κ2) is 5.01. The van der Waals surface area contributed by atoms with E-state index in [0.717, 1.165) is 0 Å². The first-order valence-electron chi connectivity index (χ1n) is 6.52. The molecule has 1 unspecified atom stereocenters. The fourth-order valence-corrected chi connectivity index (χ4v) is 3.02. The third-order valence-corrected chi connectivity index (χ3v) is 4.87. The first-order chi connectivity index (χ1) is 7.99. The minimum Gasteiger partial charge on any atom is -0.382 e. The lowest BCUT2D eigenvalue weighted by molar-refractivity contribution is 0.217. The van der Waals surface area contributed by atoms with Gasteiger partial charge in [0.05, 0.1) is 0 Å². The van der Waals surface area contributed by atoms with Gasteiger partial charge in [-0.3, -0.25) is 0 Å². The van der Waals surface area contributed by atoms with E-state index in [-0.39, 0.29) is 0 Å². The molecular formula is C15H22BrN. The summed E-state index contributed by atoms with van der Waals surface area (Å²) in [6, 6.07) is 7.15. The summed E-state index contributed by atoms with van der Waals surface area (Å²) in [5, 5.41) is 3.71. The molecule has 94 valence electrons. The largest absolute Gasteiger partial charge is 0.382 e. The fraction of sp³-hybridized carbons (Fsp3) is 0.600. The Kier molecular flexibility index (Phi) is 3.82. The van der Waals surface area contributed by atoms with Gasteiger partial charge < -0.3 is 5.32 Å². The monoisotopic (exact) mass is 295 g/mol. The molecule has 1 aliphatic rings. The maximum Gasteiger partial charge on any atom is 0.0354 e. The summed E-state index contributed by atoms with van der Waals surface area (Å²) in [4.78, 5) is 0. The molecule has 0 saturated heterocycles. The number of hydrogen-bond acceptors (Lipinski definition) is 1. The van der Waals surface area contributed by atoms with Gasteiger partial charge in [-0.25, -0.2) is 0 Å². The Morgan fingerprint density at radius 2 is 2.06 bits per heavy atom. The Morgan fingerprint density at radius 1 is 1.29 bits per heavy atom. The zero-order valence-electron chi connectivity index (χ0n) is 11.0. The van der Waals surface area contributed by atoms with E-state index in [1.54, 1.807) is 0 Å². The standard InChI is InChI=1S/C15H22BrN/c1-11-7-8-12(10-13(11)16)17-14-6-4-5-9-15(14,2)3/h7-8,10,14,17H,4-6,9H2,1-3H3. The number of rotatable bonds is 2. The summed E-state index contributed by atoms with van der Waals surface area (Å²) in [6.07, 6.45) is 5.35. The molecule has 1 aromatic rings. The van der Waals surface area contributed by atoms with Crippen molar-refractivity contribution in [1.82, 2.24) is 0 Å². The van der Waals surface area contributed by atoms with Crippen molar-refractivity contribution < 1.29 is 0 Å². The highest BCUT2D eigenvalue weighted by molar-refractivity contribution is 9.10. The van der Waals surface area contributed by atoms with Crippen molar-refractivity contribution in [2.24, 2.45) is 5.41 Å². The van der Waals surface area contributed by atoms with Gasteiger partial charge >= 0.3 is 0 Å². The van der Waals surface area contributed by atoms with E-state index >= 15 is 0 Å². The highest BCUT2D eigenvalue weighted by Crippen LogP contribution is 2.37. The van der Waals surface area contributed by atoms with Crippen LogP contribution in [0.3, 0.4) is 0 Å². The fourth-order valence-electron chi connectivity index (χ4n) is 2.65. The van der Waals surface area contributed by atoms with Crippen molar-refractivity contribution in [2.45, 2.75) is 52.5 Å². The van der Waals surface area contributed by atoms with Crippen LogP contribution in [-0.2, 0) is 0 Å². The number of halogens is 1. The molecule has 1 aromatic carbocycles. The van der Waals surface area contributed by atoms with Crippen LogP contribution in [0.4, 0.5) is 5.69 Å². The maximum atomic E-state index is 3.71. The molecule has 2 heteroatoms. The van der Waals surface area contributed by atoms with Crippen molar-refractivity contribution in [3.8, 4) is 0 Å². The minimum absolute atomic E-state index is 0.412. The lowest BCUT2D eigenvalue weighted by Gasteiger charge is -2.39. The molecule has 0 amide bonds. The summed E-state index contributed by atoms with van der Waals surface area (Å²) in [6.45, 7) is 6.89. The van der Waals surface area contributed by atoms with Crippen molar-refractivity contribution in [1.29, 1.82) is 0 Å². The summed E-state index contributed by atoms with van der Waals surface area (Å²) >= 11 is 3.60. The smallest absolute Gasteiger partial charge is 0.0354 e. The molecule has 0 heterocycles. The van der Waals surface area contributed by atoms with Crippen LogP contribution in [0.5, 0.6) is 0 Å². The number of aryl methyl sites for hydroxylation is 1. The SMILES string of the molecule is Cc1ccc(NC2CCCCC2(C)C)cc1Br. The van der Waals surface area contributed by atoms with E-state index in [2.05, 4.69) is 60.2 Å². The maximum absolute atomic E-state index is 3.71. The predicted molar refractivity (Wildman–Crippen MR) is 78.5 cm³/mol. The third kappa shape index (κ3) is 3.04. The van der Waals surface area contributed by atoms with Gasteiger partial charge in [0, 0.05) is 16.2 Å². The quantitative estimate of drug-likeness (QED) is 0.797. The van der Waals surface area contributed by atoms with E-state index in [1.165, 1.54) is 41.4 Å². The van der Waals surface area contributed by atoms with Gasteiger partial charge in [0.15, 0.2) is 0 Å². The molecule has 1 N–H and O–H groups in total. The van der Waals surface area contributed by atoms with Gasteiger partial charge in [-0.05, 0) is 42.9 Å². The molecule has 0 radical (unpaired) electrons. The van der Waals surface area contributed by atoms with Crippen LogP contribution in [0, 0.1) is 12.3 Å². The molecule has 1 atom stereocenters. The van der Waals surface area contributed by atoms with Crippen molar-refractivity contribution in [3.05, 3.63) is 28.2 Å². The van der Waals surface area contributed by atoms with Gasteiger partial charge in [0.25, 0.3) is 0 Å². The topological polar surface area (TPSA) is 12.0 Å². The number of anilines is 1. The molecule has 0 aliphatic heterocycles. The number of benzene rings is 1. The highest BCUT2D eigenvalue weighted by Gasteiger charge is 2.31. The molecule has 17 heavy (non-hydrogen) atoms. The molecule has 2 rings (SSSR count). The van der Waals surface area contributed by atoms with Crippen LogP contribution in [0.2, 0.25) is 0 Å². The second-order valence-electron chi connectivity index (χ2n) is 5.90. The molecule has 1 aliphatic carbocycles. The second-order valence-corrected chi connectivity index (χ2v) is 6.75. The number of hydrogen-bond donors (Lipinski definition) is 1. The van der Waals surface area contributed by atoms with Gasteiger partial charge in [0.1, 0.15) is 0 Å². The van der Waals surface area contributed by atoms with Crippen LogP contribution in [0.25, 0.3) is 0 Å². The normalized spacial score (nSPS) is 23.4. The summed E-state index contributed by atoms with van der Waals surface area (Å²) in [5.74, 6) is 0. The summed E-state index contributed by atoms with van der Waals surface area (Å²) < 4.78 is 1.19. The van der Waals surface area contributed by atoms with Crippen LogP contribution in [-0.4, -0.2) is 6.04 Å². The van der Waals surface area contributed by atoms with Crippen LogP contribution in [0.15, 0.2) is 22.7 Å². The Bertz CT molecular complexity index is 398. The van der Waals surface area contributed by atoms with E-state index in [9.17, 15) is 0 Å². The number of nitrogens with one attached hydrogen (secondary N) is 1. The highest BCUT2D eigenvalue weighted by atomic mass is 79.9. The van der Waals surface area contributed by atoms with Crippen molar-refractivity contribution in [2.75, 3.05) is 5.32 Å². The third-order valence-electron chi connectivity index (χ3n) is 4.02. The van der Waals surface area contributed by atoms with E-state index in [4.69, 9.17) is 0 Å². The van der Waals surface area contributed by atoms with Crippen LogP contribution in [0.1, 0.15) is 45.1 Å².